The molecule has 0 nitrogen and oxygen atoms in total. The molecule has 0 aromatic carbocycles. The fourth-order valence-corrected chi connectivity index (χ4v) is 0.840. The molecule has 0 saturated heterocycles. The maximum absolute atomic E-state index is 2.99. The van der Waals surface area contributed by atoms with Crippen molar-refractivity contribution >= 4 is 0 Å². The van der Waals surface area contributed by atoms with Crippen LogP contribution in [-0.4, -0.2) is 0 Å². The first-order valence-corrected chi connectivity index (χ1v) is 4.63. The summed E-state index contributed by atoms with van der Waals surface area (Å²) in [5.41, 5.74) is 0. The Morgan fingerprint density at radius 1 is 1.17 bits per heavy atom. The van der Waals surface area contributed by atoms with Crippen LogP contribution >= 0.6 is 0 Å². The van der Waals surface area contributed by atoms with Gasteiger partial charge in [0.1, 0.15) is 0 Å². The van der Waals surface area contributed by atoms with Crippen molar-refractivity contribution in [3.8, 4) is 0 Å². The predicted molar refractivity (Wildman–Crippen MR) is 51.4 cm³/mol. The Bertz CT molecular complexity index is 100. The molecule has 1 aliphatic rings. The Hall–Kier alpha value is 0.0125. The van der Waals surface area contributed by atoms with E-state index < -0.39 is 0 Å². The van der Waals surface area contributed by atoms with Crippen LogP contribution in [0.2, 0.25) is 0 Å². The molecular formula is C11H19Cr-. The van der Waals surface area contributed by atoms with E-state index in [4.69, 9.17) is 0 Å². The first-order valence-electron chi connectivity index (χ1n) is 4.63. The molecule has 0 unspecified atom stereocenters. The van der Waals surface area contributed by atoms with Gasteiger partial charge in [0, 0.05) is 17.4 Å². The Morgan fingerprint density at radius 3 is 1.92 bits per heavy atom. The summed E-state index contributed by atoms with van der Waals surface area (Å²) < 4.78 is 0. The molecule has 12 heavy (non-hydrogen) atoms. The van der Waals surface area contributed by atoms with E-state index >= 15 is 0 Å². The number of rotatable bonds is 3. The Balaban J connectivity index is 0. The van der Waals surface area contributed by atoms with Gasteiger partial charge in [0.05, 0.1) is 0 Å². The second-order valence-electron chi connectivity index (χ2n) is 2.71. The molecule has 0 spiro atoms. The van der Waals surface area contributed by atoms with Gasteiger partial charge in [-0.25, -0.2) is 12.2 Å². The maximum atomic E-state index is 2.99. The van der Waals surface area contributed by atoms with E-state index in [0.717, 1.165) is 6.42 Å². The normalized spacial score (nSPS) is 11.8. The minimum absolute atomic E-state index is 0. The van der Waals surface area contributed by atoms with Crippen LogP contribution in [0.1, 0.15) is 46.0 Å². The zero-order valence-corrected chi connectivity index (χ0v) is 9.45. The van der Waals surface area contributed by atoms with Gasteiger partial charge in [0.2, 0.25) is 0 Å². The van der Waals surface area contributed by atoms with Crippen LogP contribution in [0.3, 0.4) is 0 Å². The van der Waals surface area contributed by atoms with Crippen molar-refractivity contribution in [2.45, 2.75) is 46.0 Å². The van der Waals surface area contributed by atoms with Crippen molar-refractivity contribution in [2.75, 3.05) is 0 Å². The fourth-order valence-electron chi connectivity index (χ4n) is 0.840. The Morgan fingerprint density at radius 2 is 1.75 bits per heavy atom. The van der Waals surface area contributed by atoms with Gasteiger partial charge in [-0.3, -0.25) is 6.08 Å². The summed E-state index contributed by atoms with van der Waals surface area (Å²) >= 11 is 0. The van der Waals surface area contributed by atoms with Gasteiger partial charge in [0.25, 0.3) is 0 Å². The fraction of sp³-hybridized carbons (Fsp3) is 0.636. The Labute approximate surface area is 87.9 Å². The molecule has 0 aromatic rings. The number of unbranched alkanes of at least 4 members (excludes halogenated alkanes) is 3. The molecule has 0 aromatic heterocycles. The van der Waals surface area contributed by atoms with Crippen LogP contribution in [0.4, 0.5) is 0 Å². The molecule has 0 atom stereocenters. The van der Waals surface area contributed by atoms with Crippen molar-refractivity contribution in [1.82, 2.24) is 0 Å². The van der Waals surface area contributed by atoms with Gasteiger partial charge in [-0.05, 0) is 0 Å². The van der Waals surface area contributed by atoms with E-state index in [9.17, 15) is 0 Å². The van der Waals surface area contributed by atoms with Gasteiger partial charge in [0.15, 0.2) is 0 Å². The summed E-state index contributed by atoms with van der Waals surface area (Å²) in [6.07, 6.45) is 15.5. The summed E-state index contributed by atoms with van der Waals surface area (Å²) in [7, 11) is 0. The molecule has 1 rings (SSSR count). The van der Waals surface area contributed by atoms with Gasteiger partial charge in [-0.1, -0.05) is 39.5 Å². The molecular weight excluding hydrogens is 184 g/mol. The van der Waals surface area contributed by atoms with Crippen LogP contribution < -0.4 is 0 Å². The van der Waals surface area contributed by atoms with E-state index in [-0.39, 0.29) is 17.4 Å². The van der Waals surface area contributed by atoms with Crippen molar-refractivity contribution in [3.63, 3.8) is 0 Å². The number of hydrogen-bond acceptors (Lipinski definition) is 0. The third-order valence-electron chi connectivity index (χ3n) is 1.54. The zero-order chi connectivity index (χ0) is 8.36. The Kier molecular flexibility index (Phi) is 16.5. The minimum Gasteiger partial charge on any atom is -0.273 e. The summed E-state index contributed by atoms with van der Waals surface area (Å²) in [6, 6.07) is 0. The van der Waals surface area contributed by atoms with Crippen molar-refractivity contribution in [1.29, 1.82) is 0 Å². The van der Waals surface area contributed by atoms with E-state index in [1.165, 1.54) is 25.7 Å². The van der Waals surface area contributed by atoms with E-state index in [1.54, 1.807) is 0 Å². The average molecular weight is 203 g/mol. The third kappa shape index (κ3) is 12.7. The molecule has 70 valence electrons. The second-order valence-corrected chi connectivity index (χ2v) is 2.71. The van der Waals surface area contributed by atoms with Gasteiger partial charge >= 0.3 is 0 Å². The molecule has 0 saturated carbocycles. The predicted octanol–water partition coefficient (Wildman–Crippen LogP) is 3.89. The molecule has 0 radical (unpaired) electrons. The third-order valence-corrected chi connectivity index (χ3v) is 1.54. The van der Waals surface area contributed by atoms with Gasteiger partial charge in [-0.2, -0.15) is 6.08 Å². The van der Waals surface area contributed by atoms with Crippen molar-refractivity contribution in [3.05, 3.63) is 24.3 Å². The first-order chi connectivity index (χ1) is 5.41. The molecule has 0 fully saturated rings. The van der Waals surface area contributed by atoms with Crippen molar-refractivity contribution < 1.29 is 17.4 Å². The van der Waals surface area contributed by atoms with Crippen LogP contribution in [0, 0.1) is 6.08 Å². The molecule has 1 aliphatic carbocycles. The molecule has 0 N–H and O–H groups in total. The molecule has 0 heterocycles. The van der Waals surface area contributed by atoms with Gasteiger partial charge < -0.3 is 0 Å². The molecule has 0 aliphatic heterocycles. The summed E-state index contributed by atoms with van der Waals surface area (Å²) in [6.45, 7) is 4.46. The summed E-state index contributed by atoms with van der Waals surface area (Å²) in [5.74, 6) is 0. The van der Waals surface area contributed by atoms with Crippen molar-refractivity contribution in [2.24, 2.45) is 0 Å². The second kappa shape index (κ2) is 13.6. The molecule has 1 heteroatoms. The van der Waals surface area contributed by atoms with E-state index in [1.807, 2.05) is 12.2 Å². The summed E-state index contributed by atoms with van der Waals surface area (Å²) in [4.78, 5) is 0. The van der Waals surface area contributed by atoms with E-state index in [2.05, 4.69) is 26.0 Å². The first kappa shape index (κ1) is 14.5. The van der Waals surface area contributed by atoms with Crippen LogP contribution in [0.5, 0.6) is 0 Å². The largest absolute Gasteiger partial charge is 0.273 e. The maximum Gasteiger partial charge on any atom is 0 e. The smallest absolute Gasteiger partial charge is 0 e. The monoisotopic (exact) mass is 203 g/mol. The van der Waals surface area contributed by atoms with Crippen LogP contribution in [-0.2, 0) is 17.4 Å². The molecule has 0 bridgehead atoms. The quantitative estimate of drug-likeness (QED) is 0.482. The van der Waals surface area contributed by atoms with Crippen LogP contribution in [0.25, 0.3) is 0 Å². The minimum atomic E-state index is 0. The van der Waals surface area contributed by atoms with Crippen LogP contribution in [0.15, 0.2) is 18.2 Å². The topological polar surface area (TPSA) is 0 Å². The number of allylic oxidation sites excluding steroid dienone is 4. The zero-order valence-electron chi connectivity index (χ0n) is 8.18. The van der Waals surface area contributed by atoms with E-state index in [0.29, 0.717) is 0 Å². The summed E-state index contributed by atoms with van der Waals surface area (Å²) in [5, 5.41) is 0. The SMILES string of the molecule is CCCCCC.[C-]1=CC=CC1.[Cr]. The standard InChI is InChI=1S/C6H14.C5H5.Cr/c1-3-5-6-4-2;1-2-4-5-3-1;/h3-6H2,1-2H3;1-3H,4H2;/q;-1;. The number of hydrogen-bond donors (Lipinski definition) is 0. The average Bonchev–Trinajstić information content (AvgIpc) is 2.57. The molecule has 0 amide bonds. The van der Waals surface area contributed by atoms with Gasteiger partial charge in [-0.15, -0.1) is 6.42 Å².